The van der Waals surface area contributed by atoms with Gasteiger partial charge in [0.2, 0.25) is 0 Å². The minimum atomic E-state index is 0.856. The maximum absolute atomic E-state index is 6.51. The first-order valence-electron chi connectivity index (χ1n) is 20.2. The van der Waals surface area contributed by atoms with Crippen molar-refractivity contribution in [3.8, 4) is 27.9 Å². The summed E-state index contributed by atoms with van der Waals surface area (Å²) in [6.45, 7) is 0. The number of rotatable bonds is 6. The van der Waals surface area contributed by atoms with E-state index < -0.39 is 0 Å². The summed E-state index contributed by atoms with van der Waals surface area (Å²) < 4.78 is 8.97. The number of furan rings is 1. The smallest absolute Gasteiger partial charge is 0.137 e. The van der Waals surface area contributed by atoms with Gasteiger partial charge in [-0.15, -0.1) is 0 Å². The summed E-state index contributed by atoms with van der Waals surface area (Å²) in [6, 6.07) is 78.8. The van der Waals surface area contributed by atoms with Gasteiger partial charge in [0.15, 0.2) is 0 Å². The fourth-order valence-electron chi connectivity index (χ4n) is 9.36. The second-order valence-electron chi connectivity index (χ2n) is 15.3. The van der Waals surface area contributed by atoms with E-state index >= 15 is 0 Å². The first-order valence-corrected chi connectivity index (χ1v) is 20.2. The number of hydrogen-bond donors (Lipinski definition) is 0. The van der Waals surface area contributed by atoms with Crippen molar-refractivity contribution in [2.75, 3.05) is 4.90 Å². The zero-order valence-corrected chi connectivity index (χ0v) is 32.1. The maximum atomic E-state index is 6.51. The molecule has 3 heteroatoms. The standard InChI is InChI=1S/C56H36N2O/c1-2-15-37(16-3-1)40-20-12-21-41(35-40)57(42-32-33-46-45-23-7-11-30-53(45)59-54(46)36-42)50-28-9-10-29-51(50)58-49-27-8-6-24-48(49)56-52(58)34-31-39-19-14-26-47(55(39)56)44-25-13-18-38-17-4-5-22-43(38)44/h1-36H. The molecule has 0 bridgehead atoms. The lowest BCUT2D eigenvalue weighted by atomic mass is 9.92. The number of hydrogen-bond acceptors (Lipinski definition) is 2. The minimum Gasteiger partial charge on any atom is -0.456 e. The van der Waals surface area contributed by atoms with Crippen LogP contribution in [-0.2, 0) is 0 Å². The Labute approximate surface area is 341 Å². The molecule has 0 unspecified atom stereocenters. The highest BCUT2D eigenvalue weighted by molar-refractivity contribution is 6.26. The highest BCUT2D eigenvalue weighted by atomic mass is 16.3. The van der Waals surface area contributed by atoms with Gasteiger partial charge in [0.25, 0.3) is 0 Å². The molecule has 3 nitrogen and oxygen atoms in total. The van der Waals surface area contributed by atoms with E-state index in [-0.39, 0.29) is 0 Å². The molecule has 0 spiro atoms. The number of benzene rings is 10. The van der Waals surface area contributed by atoms with Gasteiger partial charge in [0.1, 0.15) is 11.2 Å². The average Bonchev–Trinajstić information content (AvgIpc) is 3.85. The summed E-state index contributed by atoms with van der Waals surface area (Å²) in [5, 5.41) is 9.66. The van der Waals surface area contributed by atoms with Crippen LogP contribution in [0.5, 0.6) is 0 Å². The normalized spacial score (nSPS) is 11.7. The number of aromatic nitrogens is 1. The minimum absolute atomic E-state index is 0.856. The Bertz CT molecular complexity index is 3570. The average molecular weight is 753 g/mol. The van der Waals surface area contributed by atoms with Crippen LogP contribution in [0.2, 0.25) is 0 Å². The molecular weight excluding hydrogens is 717 g/mol. The largest absolute Gasteiger partial charge is 0.456 e. The van der Waals surface area contributed by atoms with Crippen molar-refractivity contribution in [2.45, 2.75) is 0 Å². The molecule has 0 saturated carbocycles. The van der Waals surface area contributed by atoms with Gasteiger partial charge in [0, 0.05) is 39.0 Å². The SMILES string of the molecule is c1ccc(-c2cccc(N(c3ccc4c(c3)oc3ccccc34)c3ccccc3-n3c4ccccc4c4c5c(-c6cccc7ccccc67)cccc5ccc43)c2)cc1. The van der Waals surface area contributed by atoms with Gasteiger partial charge in [-0.25, -0.2) is 0 Å². The fourth-order valence-corrected chi connectivity index (χ4v) is 9.36. The Hall–Kier alpha value is -7.88. The molecule has 0 aliphatic rings. The molecule has 12 aromatic rings. The van der Waals surface area contributed by atoms with Crippen LogP contribution >= 0.6 is 0 Å². The molecule has 0 fully saturated rings. The third-order valence-electron chi connectivity index (χ3n) is 12.0. The van der Waals surface area contributed by atoms with Crippen molar-refractivity contribution < 1.29 is 4.42 Å². The highest BCUT2D eigenvalue weighted by Gasteiger charge is 2.23. The first-order chi connectivity index (χ1) is 29.3. The maximum Gasteiger partial charge on any atom is 0.137 e. The van der Waals surface area contributed by atoms with Gasteiger partial charge in [-0.05, 0) is 98.4 Å². The summed E-state index contributed by atoms with van der Waals surface area (Å²) in [7, 11) is 0. The Morgan fingerprint density at radius 2 is 1.02 bits per heavy atom. The molecule has 0 N–H and O–H groups in total. The number of para-hydroxylation sites is 4. The third kappa shape index (κ3) is 5.29. The summed E-state index contributed by atoms with van der Waals surface area (Å²) in [5.74, 6) is 0. The van der Waals surface area contributed by atoms with E-state index in [1.807, 2.05) is 12.1 Å². The van der Waals surface area contributed by atoms with E-state index in [0.29, 0.717) is 0 Å². The molecule has 276 valence electrons. The van der Waals surface area contributed by atoms with E-state index in [4.69, 9.17) is 4.42 Å². The second-order valence-corrected chi connectivity index (χ2v) is 15.3. The number of fused-ring (bicyclic) bond motifs is 9. The summed E-state index contributed by atoms with van der Waals surface area (Å²) >= 11 is 0. The van der Waals surface area contributed by atoms with Crippen LogP contribution in [0.1, 0.15) is 0 Å². The fraction of sp³-hybridized carbons (Fsp3) is 0. The Morgan fingerprint density at radius 3 is 1.93 bits per heavy atom. The van der Waals surface area contributed by atoms with Crippen LogP contribution in [0.15, 0.2) is 223 Å². The van der Waals surface area contributed by atoms with Crippen LogP contribution in [-0.4, -0.2) is 4.57 Å². The molecule has 10 aromatic carbocycles. The van der Waals surface area contributed by atoms with Gasteiger partial charge in [0.05, 0.1) is 22.4 Å². The third-order valence-corrected chi connectivity index (χ3v) is 12.0. The predicted molar refractivity (Wildman–Crippen MR) is 249 cm³/mol. The molecule has 12 rings (SSSR count). The lowest BCUT2D eigenvalue weighted by Gasteiger charge is -2.28. The molecule has 59 heavy (non-hydrogen) atoms. The molecule has 0 aliphatic heterocycles. The highest BCUT2D eigenvalue weighted by Crippen LogP contribution is 2.46. The lowest BCUT2D eigenvalue weighted by molar-refractivity contribution is 0.669. The van der Waals surface area contributed by atoms with E-state index in [1.54, 1.807) is 0 Å². The quantitative estimate of drug-likeness (QED) is 0.169. The molecule has 0 atom stereocenters. The molecular formula is C56H36N2O. The van der Waals surface area contributed by atoms with Gasteiger partial charge in [-0.3, -0.25) is 0 Å². The summed E-state index contributed by atoms with van der Waals surface area (Å²) in [4.78, 5) is 2.39. The molecule has 2 aromatic heterocycles. The molecule has 0 aliphatic carbocycles. The number of anilines is 3. The van der Waals surface area contributed by atoms with Gasteiger partial charge in [-0.2, -0.15) is 0 Å². The van der Waals surface area contributed by atoms with E-state index in [9.17, 15) is 0 Å². The van der Waals surface area contributed by atoms with Gasteiger partial charge < -0.3 is 13.9 Å². The summed E-state index contributed by atoms with van der Waals surface area (Å²) in [5.41, 5.74) is 13.1. The Balaban J connectivity index is 1.14. The van der Waals surface area contributed by atoms with E-state index in [2.05, 4.69) is 216 Å². The van der Waals surface area contributed by atoms with Gasteiger partial charge >= 0.3 is 0 Å². The zero-order valence-electron chi connectivity index (χ0n) is 32.1. The molecule has 0 saturated heterocycles. The monoisotopic (exact) mass is 752 g/mol. The van der Waals surface area contributed by atoms with Crippen molar-refractivity contribution in [2.24, 2.45) is 0 Å². The number of nitrogens with zero attached hydrogens (tertiary/aromatic N) is 2. The summed E-state index contributed by atoms with van der Waals surface area (Å²) in [6.07, 6.45) is 0. The van der Waals surface area contributed by atoms with Crippen LogP contribution in [0.3, 0.4) is 0 Å². The van der Waals surface area contributed by atoms with Crippen LogP contribution in [0.4, 0.5) is 17.1 Å². The topological polar surface area (TPSA) is 21.3 Å². The van der Waals surface area contributed by atoms with E-state index in [1.165, 1.54) is 49.0 Å². The van der Waals surface area contributed by atoms with Crippen molar-refractivity contribution in [3.63, 3.8) is 0 Å². The van der Waals surface area contributed by atoms with Crippen molar-refractivity contribution in [3.05, 3.63) is 218 Å². The zero-order chi connectivity index (χ0) is 38.9. The molecule has 0 amide bonds. The Morgan fingerprint density at radius 1 is 0.356 bits per heavy atom. The Kier molecular flexibility index (Phi) is 7.54. The van der Waals surface area contributed by atoms with Crippen LogP contribution in [0.25, 0.3) is 93.2 Å². The van der Waals surface area contributed by atoms with Gasteiger partial charge in [-0.1, -0.05) is 158 Å². The first kappa shape index (κ1) is 33.3. The second kappa shape index (κ2) is 13.4. The molecule has 0 radical (unpaired) electrons. The lowest BCUT2D eigenvalue weighted by Crippen LogP contribution is -2.13. The van der Waals surface area contributed by atoms with Crippen LogP contribution < -0.4 is 4.90 Å². The predicted octanol–water partition coefficient (Wildman–Crippen LogP) is 15.8. The van der Waals surface area contributed by atoms with Crippen molar-refractivity contribution >= 4 is 82.4 Å². The van der Waals surface area contributed by atoms with Crippen molar-refractivity contribution in [1.82, 2.24) is 4.57 Å². The van der Waals surface area contributed by atoms with E-state index in [0.717, 1.165) is 61.3 Å². The van der Waals surface area contributed by atoms with Crippen LogP contribution in [0, 0.1) is 0 Å². The van der Waals surface area contributed by atoms with Crippen molar-refractivity contribution in [1.29, 1.82) is 0 Å². The molecule has 2 heterocycles.